The Balaban J connectivity index is 1.82. The van der Waals surface area contributed by atoms with E-state index in [4.69, 9.17) is 11.6 Å². The molecule has 6 heteroatoms. The second kappa shape index (κ2) is 8.47. The number of carbonyl (C=O) groups is 2. The number of rotatable bonds is 5. The monoisotopic (exact) mass is 354 g/mol. The second-order valence-corrected chi connectivity index (χ2v) is 7.21. The third-order valence-electron chi connectivity index (χ3n) is 4.34. The molecule has 1 aromatic rings. The minimum atomic E-state index is -0.511. The van der Waals surface area contributed by atoms with Crippen LogP contribution in [0.15, 0.2) is 18.2 Å². The maximum Gasteiger partial charge on any atom is 0.227 e. The molecule has 0 spiro atoms. The normalized spacial score (nSPS) is 20.7. The van der Waals surface area contributed by atoms with E-state index < -0.39 is 5.82 Å². The molecule has 2 N–H and O–H groups in total. The Kier molecular flexibility index (Phi) is 6.60. The number of nitrogens with one attached hydrogen (secondary N) is 2. The lowest BCUT2D eigenvalue weighted by molar-refractivity contribution is -0.128. The maximum absolute atomic E-state index is 13.1. The molecule has 0 saturated heterocycles. The van der Waals surface area contributed by atoms with Crippen molar-refractivity contribution in [2.45, 2.75) is 39.5 Å². The van der Waals surface area contributed by atoms with Crippen LogP contribution in [0, 0.1) is 23.6 Å². The quantitative estimate of drug-likeness (QED) is 0.839. The van der Waals surface area contributed by atoms with Crippen LogP contribution in [0.3, 0.4) is 0 Å². The van der Waals surface area contributed by atoms with Gasteiger partial charge in [0.05, 0.1) is 5.02 Å². The predicted molar refractivity (Wildman–Crippen MR) is 93.3 cm³/mol. The van der Waals surface area contributed by atoms with Crippen molar-refractivity contribution in [2.75, 3.05) is 11.9 Å². The number of anilines is 1. The number of halogens is 2. The largest absolute Gasteiger partial charge is 0.356 e. The van der Waals surface area contributed by atoms with Crippen LogP contribution in [0.1, 0.15) is 39.5 Å². The molecule has 0 unspecified atom stereocenters. The van der Waals surface area contributed by atoms with E-state index in [0.29, 0.717) is 43.8 Å². The van der Waals surface area contributed by atoms with Crippen molar-refractivity contribution in [1.82, 2.24) is 5.32 Å². The Labute approximate surface area is 147 Å². The summed E-state index contributed by atoms with van der Waals surface area (Å²) in [5.41, 5.74) is 0.489. The molecule has 2 rings (SSSR count). The molecule has 1 aliphatic rings. The molecule has 0 heterocycles. The van der Waals surface area contributed by atoms with E-state index in [-0.39, 0.29) is 28.7 Å². The standard InChI is InChI=1S/C18H24ClFN2O2/c1-11(2)10-21-17(23)12-3-5-13(6-4-12)18(24)22-14-7-8-16(20)15(19)9-14/h7-9,11-13H,3-6,10H2,1-2H3,(H,21,23)(H,22,24). The average molecular weight is 355 g/mol. The first kappa shape index (κ1) is 18.7. The zero-order valence-corrected chi connectivity index (χ0v) is 14.8. The minimum Gasteiger partial charge on any atom is -0.356 e. The van der Waals surface area contributed by atoms with Gasteiger partial charge in [-0.25, -0.2) is 4.39 Å². The van der Waals surface area contributed by atoms with E-state index >= 15 is 0 Å². The van der Waals surface area contributed by atoms with Crippen molar-refractivity contribution in [2.24, 2.45) is 17.8 Å². The van der Waals surface area contributed by atoms with Crippen molar-refractivity contribution in [3.05, 3.63) is 29.0 Å². The smallest absolute Gasteiger partial charge is 0.227 e. The van der Waals surface area contributed by atoms with E-state index in [1.807, 2.05) is 0 Å². The van der Waals surface area contributed by atoms with Gasteiger partial charge in [-0.1, -0.05) is 25.4 Å². The van der Waals surface area contributed by atoms with Gasteiger partial charge in [0, 0.05) is 24.1 Å². The zero-order valence-electron chi connectivity index (χ0n) is 14.1. The van der Waals surface area contributed by atoms with Gasteiger partial charge in [0.15, 0.2) is 0 Å². The summed E-state index contributed by atoms with van der Waals surface area (Å²) in [6, 6.07) is 4.12. The number of carbonyl (C=O) groups excluding carboxylic acids is 2. The predicted octanol–water partition coefficient (Wildman–Crippen LogP) is 4.00. The van der Waals surface area contributed by atoms with Crippen LogP contribution in [0.25, 0.3) is 0 Å². The summed E-state index contributed by atoms with van der Waals surface area (Å²) in [5, 5.41) is 5.72. The third kappa shape index (κ3) is 5.20. The summed E-state index contributed by atoms with van der Waals surface area (Å²) >= 11 is 5.72. The van der Waals surface area contributed by atoms with Crippen LogP contribution in [-0.4, -0.2) is 18.4 Å². The SMILES string of the molecule is CC(C)CNC(=O)C1CCC(C(=O)Nc2ccc(F)c(Cl)c2)CC1. The Morgan fingerprint density at radius 2 is 1.75 bits per heavy atom. The molecule has 24 heavy (non-hydrogen) atoms. The summed E-state index contributed by atoms with van der Waals surface area (Å²) in [6.45, 7) is 4.80. The van der Waals surface area contributed by atoms with Gasteiger partial charge < -0.3 is 10.6 Å². The molecule has 0 aromatic heterocycles. The third-order valence-corrected chi connectivity index (χ3v) is 4.63. The lowest BCUT2D eigenvalue weighted by Crippen LogP contribution is -2.37. The van der Waals surface area contributed by atoms with Crippen molar-refractivity contribution >= 4 is 29.1 Å². The molecule has 0 atom stereocenters. The molecule has 1 aliphatic carbocycles. The van der Waals surface area contributed by atoms with Crippen LogP contribution in [0.4, 0.5) is 10.1 Å². The molecule has 2 amide bonds. The van der Waals surface area contributed by atoms with E-state index in [2.05, 4.69) is 24.5 Å². The summed E-state index contributed by atoms with van der Waals surface area (Å²) in [7, 11) is 0. The molecule has 4 nitrogen and oxygen atoms in total. The highest BCUT2D eigenvalue weighted by Crippen LogP contribution is 2.30. The molecule has 1 aromatic carbocycles. The molecule has 1 fully saturated rings. The Morgan fingerprint density at radius 1 is 1.17 bits per heavy atom. The molecular formula is C18H24ClFN2O2. The summed E-state index contributed by atoms with van der Waals surface area (Å²) in [4.78, 5) is 24.4. The fraction of sp³-hybridized carbons (Fsp3) is 0.556. The Hall–Kier alpha value is -1.62. The summed E-state index contributed by atoms with van der Waals surface area (Å²) < 4.78 is 13.1. The van der Waals surface area contributed by atoms with E-state index in [1.165, 1.54) is 18.2 Å². The summed E-state index contributed by atoms with van der Waals surface area (Å²) in [5.74, 6) is -0.219. The molecule has 0 aliphatic heterocycles. The molecule has 0 bridgehead atoms. The van der Waals surface area contributed by atoms with Crippen molar-refractivity contribution in [3.63, 3.8) is 0 Å². The number of benzene rings is 1. The van der Waals surface area contributed by atoms with Crippen molar-refractivity contribution < 1.29 is 14.0 Å². The highest BCUT2D eigenvalue weighted by atomic mass is 35.5. The fourth-order valence-electron chi connectivity index (χ4n) is 2.89. The summed E-state index contributed by atoms with van der Waals surface area (Å²) in [6.07, 6.45) is 2.79. The van der Waals surface area contributed by atoms with Crippen LogP contribution in [0.2, 0.25) is 5.02 Å². The van der Waals surface area contributed by atoms with Crippen LogP contribution < -0.4 is 10.6 Å². The van der Waals surface area contributed by atoms with Gasteiger partial charge >= 0.3 is 0 Å². The second-order valence-electron chi connectivity index (χ2n) is 6.81. The lowest BCUT2D eigenvalue weighted by Gasteiger charge is -2.27. The first-order valence-electron chi connectivity index (χ1n) is 8.40. The first-order chi connectivity index (χ1) is 11.4. The van der Waals surface area contributed by atoms with Crippen LogP contribution >= 0.6 is 11.6 Å². The molecular weight excluding hydrogens is 331 g/mol. The van der Waals surface area contributed by atoms with Crippen LogP contribution in [0.5, 0.6) is 0 Å². The van der Waals surface area contributed by atoms with Gasteiger partial charge in [0.25, 0.3) is 0 Å². The average Bonchev–Trinajstić information content (AvgIpc) is 2.56. The van der Waals surface area contributed by atoms with Crippen LogP contribution in [-0.2, 0) is 9.59 Å². The molecule has 132 valence electrons. The highest BCUT2D eigenvalue weighted by Gasteiger charge is 2.29. The van der Waals surface area contributed by atoms with Gasteiger partial charge in [0.1, 0.15) is 5.82 Å². The van der Waals surface area contributed by atoms with Gasteiger partial charge in [-0.2, -0.15) is 0 Å². The molecule has 1 saturated carbocycles. The highest BCUT2D eigenvalue weighted by molar-refractivity contribution is 6.31. The Morgan fingerprint density at radius 3 is 2.29 bits per heavy atom. The van der Waals surface area contributed by atoms with Gasteiger partial charge in [0.2, 0.25) is 11.8 Å². The van der Waals surface area contributed by atoms with Gasteiger partial charge in [-0.3, -0.25) is 9.59 Å². The number of amides is 2. The Bertz CT molecular complexity index is 599. The fourth-order valence-corrected chi connectivity index (χ4v) is 3.07. The number of hydrogen-bond acceptors (Lipinski definition) is 2. The van der Waals surface area contributed by atoms with Crippen molar-refractivity contribution in [3.8, 4) is 0 Å². The van der Waals surface area contributed by atoms with Gasteiger partial charge in [-0.05, 0) is 49.8 Å². The van der Waals surface area contributed by atoms with E-state index in [1.54, 1.807) is 0 Å². The topological polar surface area (TPSA) is 58.2 Å². The zero-order chi connectivity index (χ0) is 17.7. The van der Waals surface area contributed by atoms with E-state index in [9.17, 15) is 14.0 Å². The van der Waals surface area contributed by atoms with Gasteiger partial charge in [-0.15, -0.1) is 0 Å². The maximum atomic E-state index is 13.1. The van der Waals surface area contributed by atoms with Crippen molar-refractivity contribution in [1.29, 1.82) is 0 Å². The lowest BCUT2D eigenvalue weighted by atomic mass is 9.81. The first-order valence-corrected chi connectivity index (χ1v) is 8.78. The minimum absolute atomic E-state index is 0.00642. The molecule has 0 radical (unpaired) electrons. The van der Waals surface area contributed by atoms with E-state index in [0.717, 1.165) is 0 Å². The number of hydrogen-bond donors (Lipinski definition) is 2.